The molecule has 25 heavy (non-hydrogen) atoms. The zero-order valence-corrected chi connectivity index (χ0v) is 13.3. The van der Waals surface area contributed by atoms with Gasteiger partial charge in [0.1, 0.15) is 11.0 Å². The molecule has 0 radical (unpaired) electrons. The molecule has 3 rings (SSSR count). The minimum atomic E-state index is -1.29. The van der Waals surface area contributed by atoms with E-state index in [0.29, 0.717) is 6.07 Å². The summed E-state index contributed by atoms with van der Waals surface area (Å²) < 4.78 is 40.7. The average Bonchev–Trinajstić information content (AvgIpc) is 2.59. The van der Waals surface area contributed by atoms with Gasteiger partial charge in [0.2, 0.25) is 0 Å². The molecule has 0 saturated heterocycles. The molecule has 1 amide bonds. The number of carbonyl (C=O) groups excluding carboxylic acids is 1. The Morgan fingerprint density at radius 3 is 2.40 bits per heavy atom. The van der Waals surface area contributed by atoms with E-state index in [0.717, 1.165) is 6.07 Å². The zero-order valence-electron chi connectivity index (χ0n) is 12.6. The highest BCUT2D eigenvalue weighted by atomic mass is 35.5. The van der Waals surface area contributed by atoms with Crippen LogP contribution in [-0.2, 0) is 0 Å². The minimum Gasteiger partial charge on any atom is -0.321 e. The fraction of sp³-hybridized carbons (Fsp3) is 0. The molecule has 2 aromatic carbocycles. The maximum Gasteiger partial charge on any atom is 0.258 e. The normalized spacial score (nSPS) is 10.6. The van der Waals surface area contributed by atoms with E-state index in [2.05, 4.69) is 10.3 Å². The number of benzene rings is 2. The van der Waals surface area contributed by atoms with Crippen molar-refractivity contribution in [2.24, 2.45) is 0 Å². The predicted molar refractivity (Wildman–Crippen MR) is 89.0 cm³/mol. The molecule has 126 valence electrons. The van der Waals surface area contributed by atoms with E-state index in [-0.39, 0.29) is 27.5 Å². The molecule has 0 aliphatic rings. The van der Waals surface area contributed by atoms with Crippen LogP contribution >= 0.6 is 11.6 Å². The monoisotopic (exact) mass is 362 g/mol. The quantitative estimate of drug-likeness (QED) is 0.522. The Balaban J connectivity index is 2.02. The maximum absolute atomic E-state index is 14.1. The number of carbonyl (C=O) groups is 1. The number of hydrogen-bond donors (Lipinski definition) is 1. The van der Waals surface area contributed by atoms with E-state index in [1.807, 2.05) is 0 Å². The highest BCUT2D eigenvalue weighted by Crippen LogP contribution is 2.31. The second-order valence-corrected chi connectivity index (χ2v) is 5.45. The van der Waals surface area contributed by atoms with Crippen molar-refractivity contribution in [2.45, 2.75) is 0 Å². The molecule has 0 saturated carbocycles. The Morgan fingerprint density at radius 2 is 1.64 bits per heavy atom. The Kier molecular flexibility index (Phi) is 4.72. The number of anilines is 1. The fourth-order valence-corrected chi connectivity index (χ4v) is 2.51. The van der Waals surface area contributed by atoms with Gasteiger partial charge in [-0.25, -0.2) is 18.2 Å². The minimum absolute atomic E-state index is 0.0106. The van der Waals surface area contributed by atoms with E-state index in [1.54, 1.807) is 18.2 Å². The number of nitrogens with zero attached hydrogens (tertiary/aromatic N) is 1. The van der Waals surface area contributed by atoms with Crippen molar-refractivity contribution in [1.82, 2.24) is 4.98 Å². The Morgan fingerprint density at radius 1 is 0.920 bits per heavy atom. The molecule has 1 heterocycles. The van der Waals surface area contributed by atoms with Gasteiger partial charge in [-0.15, -0.1) is 0 Å². The summed E-state index contributed by atoms with van der Waals surface area (Å²) in [6, 6.07) is 10.4. The van der Waals surface area contributed by atoms with Gasteiger partial charge in [-0.2, -0.15) is 0 Å². The fourth-order valence-electron chi connectivity index (χ4n) is 2.30. The number of amides is 1. The van der Waals surface area contributed by atoms with Gasteiger partial charge in [0, 0.05) is 29.1 Å². The first-order chi connectivity index (χ1) is 12.0. The molecule has 3 aromatic rings. The molecule has 7 heteroatoms. The molecule has 0 bridgehead atoms. The Bertz CT molecular complexity index is 963. The lowest BCUT2D eigenvalue weighted by atomic mass is 10.0. The van der Waals surface area contributed by atoms with E-state index < -0.39 is 23.4 Å². The highest BCUT2D eigenvalue weighted by Gasteiger charge is 2.17. The van der Waals surface area contributed by atoms with Crippen LogP contribution in [0.3, 0.4) is 0 Å². The first kappa shape index (κ1) is 17.0. The summed E-state index contributed by atoms with van der Waals surface area (Å²) in [5.74, 6) is -3.98. The average molecular weight is 363 g/mol. The number of para-hydroxylation sites is 1. The lowest BCUT2D eigenvalue weighted by Gasteiger charge is -2.12. The molecule has 3 nitrogen and oxygen atoms in total. The lowest BCUT2D eigenvalue weighted by Crippen LogP contribution is -2.13. The van der Waals surface area contributed by atoms with Gasteiger partial charge < -0.3 is 5.32 Å². The lowest BCUT2D eigenvalue weighted by molar-refractivity contribution is 0.102. The number of rotatable bonds is 3. The molecule has 0 aliphatic heterocycles. The first-order valence-electron chi connectivity index (χ1n) is 7.13. The van der Waals surface area contributed by atoms with Gasteiger partial charge in [-0.05, 0) is 24.3 Å². The molecule has 0 spiro atoms. The first-order valence-corrected chi connectivity index (χ1v) is 7.51. The smallest absolute Gasteiger partial charge is 0.258 e. The number of halogens is 4. The predicted octanol–water partition coefficient (Wildman–Crippen LogP) is 5.07. The third-order valence-corrected chi connectivity index (χ3v) is 3.78. The van der Waals surface area contributed by atoms with Crippen LogP contribution in [0.1, 0.15) is 10.4 Å². The summed E-state index contributed by atoms with van der Waals surface area (Å²) in [5.41, 5.74) is 0.376. The standard InChI is InChI=1S/C18H10ClF3N2O/c19-17-11(5-3-7-23-17)18(25)24-16-6-2-1-4-10(16)12-8-14(21)15(22)9-13(12)20/h1-9H,(H,24,25). The number of nitrogens with one attached hydrogen (secondary N) is 1. The van der Waals surface area contributed by atoms with Crippen LogP contribution in [0.25, 0.3) is 11.1 Å². The van der Waals surface area contributed by atoms with Crippen LogP contribution in [0.5, 0.6) is 0 Å². The molecule has 0 aliphatic carbocycles. The van der Waals surface area contributed by atoms with Crippen molar-refractivity contribution >= 4 is 23.2 Å². The zero-order chi connectivity index (χ0) is 18.0. The molecular weight excluding hydrogens is 353 g/mol. The van der Waals surface area contributed by atoms with Crippen LogP contribution in [0.15, 0.2) is 54.7 Å². The summed E-state index contributed by atoms with van der Waals surface area (Å²) >= 11 is 5.88. The Labute approximate surface area is 146 Å². The van der Waals surface area contributed by atoms with E-state index in [9.17, 15) is 18.0 Å². The van der Waals surface area contributed by atoms with Crippen molar-refractivity contribution in [3.63, 3.8) is 0 Å². The van der Waals surface area contributed by atoms with Crippen LogP contribution in [-0.4, -0.2) is 10.9 Å². The van der Waals surface area contributed by atoms with Gasteiger partial charge in [-0.1, -0.05) is 29.8 Å². The molecule has 0 atom stereocenters. The molecular formula is C18H10ClF3N2O. The summed E-state index contributed by atoms with van der Waals surface area (Å²) in [4.78, 5) is 16.2. The summed E-state index contributed by atoms with van der Waals surface area (Å²) in [5, 5.41) is 2.59. The number of pyridine rings is 1. The third kappa shape index (κ3) is 3.49. The van der Waals surface area contributed by atoms with Gasteiger partial charge in [-0.3, -0.25) is 4.79 Å². The van der Waals surface area contributed by atoms with E-state index >= 15 is 0 Å². The number of hydrogen-bond acceptors (Lipinski definition) is 2. The van der Waals surface area contributed by atoms with Crippen LogP contribution in [0, 0.1) is 17.5 Å². The van der Waals surface area contributed by atoms with Crippen LogP contribution in [0.2, 0.25) is 5.15 Å². The van der Waals surface area contributed by atoms with Gasteiger partial charge in [0.05, 0.1) is 5.56 Å². The maximum atomic E-state index is 14.1. The molecule has 0 unspecified atom stereocenters. The van der Waals surface area contributed by atoms with Crippen molar-refractivity contribution in [2.75, 3.05) is 5.32 Å². The summed E-state index contributed by atoms with van der Waals surface area (Å²) in [7, 11) is 0. The van der Waals surface area contributed by atoms with Crippen molar-refractivity contribution in [1.29, 1.82) is 0 Å². The highest BCUT2D eigenvalue weighted by molar-refractivity contribution is 6.33. The molecule has 1 aromatic heterocycles. The van der Waals surface area contributed by atoms with E-state index in [4.69, 9.17) is 11.6 Å². The number of aromatic nitrogens is 1. The van der Waals surface area contributed by atoms with Gasteiger partial charge in [0.25, 0.3) is 5.91 Å². The third-order valence-electron chi connectivity index (χ3n) is 3.48. The van der Waals surface area contributed by atoms with Gasteiger partial charge in [0.15, 0.2) is 11.6 Å². The van der Waals surface area contributed by atoms with Crippen LogP contribution in [0.4, 0.5) is 18.9 Å². The van der Waals surface area contributed by atoms with Crippen molar-refractivity contribution in [3.05, 3.63) is 82.9 Å². The molecule has 0 fully saturated rings. The SMILES string of the molecule is O=C(Nc1ccccc1-c1cc(F)c(F)cc1F)c1cccnc1Cl. The topological polar surface area (TPSA) is 42.0 Å². The van der Waals surface area contributed by atoms with Crippen LogP contribution < -0.4 is 5.32 Å². The largest absolute Gasteiger partial charge is 0.321 e. The van der Waals surface area contributed by atoms with Crippen molar-refractivity contribution < 1.29 is 18.0 Å². The van der Waals surface area contributed by atoms with Crippen molar-refractivity contribution in [3.8, 4) is 11.1 Å². The van der Waals surface area contributed by atoms with E-state index in [1.165, 1.54) is 24.4 Å². The van der Waals surface area contributed by atoms with Gasteiger partial charge >= 0.3 is 0 Å². The second-order valence-electron chi connectivity index (χ2n) is 5.09. The Hall–Kier alpha value is -2.86. The second kappa shape index (κ2) is 6.94. The molecule has 1 N–H and O–H groups in total. The summed E-state index contributed by atoms with van der Waals surface area (Å²) in [6.45, 7) is 0. The summed E-state index contributed by atoms with van der Waals surface area (Å²) in [6.07, 6.45) is 1.43.